The van der Waals surface area contributed by atoms with Gasteiger partial charge < -0.3 is 0 Å². The number of aliphatic imine (C=N–C) groups is 1. The van der Waals surface area contributed by atoms with Gasteiger partial charge in [-0.2, -0.15) is 0 Å². The molecule has 1 heteroatoms. The molecule has 0 spiro atoms. The van der Waals surface area contributed by atoms with E-state index in [4.69, 9.17) is 4.99 Å². The summed E-state index contributed by atoms with van der Waals surface area (Å²) in [7, 11) is 0. The Morgan fingerprint density at radius 3 is 2.44 bits per heavy atom. The Balaban J connectivity index is 2.02. The van der Waals surface area contributed by atoms with Crippen LogP contribution in [-0.4, -0.2) is 11.8 Å². The number of dihydropyridines is 1. The van der Waals surface area contributed by atoms with Crippen LogP contribution < -0.4 is 0 Å². The van der Waals surface area contributed by atoms with Crippen LogP contribution >= 0.6 is 0 Å². The molecule has 1 aliphatic heterocycles. The average molecular weight is 247 g/mol. The minimum atomic E-state index is 0.356. The van der Waals surface area contributed by atoms with Gasteiger partial charge in [0.2, 0.25) is 0 Å². The third-order valence-electron chi connectivity index (χ3n) is 4.11. The zero-order valence-electron chi connectivity index (χ0n) is 12.4. The molecule has 1 saturated carbocycles. The van der Waals surface area contributed by atoms with E-state index in [0.29, 0.717) is 11.5 Å². The summed E-state index contributed by atoms with van der Waals surface area (Å²) in [6.07, 6.45) is 15.6. The molecule has 0 aromatic carbocycles. The number of rotatable bonds is 1. The van der Waals surface area contributed by atoms with Crippen LogP contribution in [0.3, 0.4) is 0 Å². The monoisotopic (exact) mass is 247 g/mol. The van der Waals surface area contributed by atoms with Crippen molar-refractivity contribution in [3.63, 3.8) is 0 Å². The van der Waals surface area contributed by atoms with Crippen molar-refractivity contribution in [2.45, 2.75) is 78.2 Å². The van der Waals surface area contributed by atoms with Gasteiger partial charge in [0.1, 0.15) is 0 Å². The lowest BCUT2D eigenvalue weighted by Crippen LogP contribution is -2.24. The molecule has 0 amide bonds. The molecule has 2 atom stereocenters. The summed E-state index contributed by atoms with van der Waals surface area (Å²) in [5, 5.41) is 0. The van der Waals surface area contributed by atoms with Crippen molar-refractivity contribution in [3.8, 4) is 0 Å². The molecule has 1 fully saturated rings. The minimum Gasteiger partial charge on any atom is -0.286 e. The van der Waals surface area contributed by atoms with E-state index in [1.54, 1.807) is 0 Å². The topological polar surface area (TPSA) is 12.4 Å². The fraction of sp³-hybridized carbons (Fsp3) is 0.824. The molecular formula is C17H29N. The van der Waals surface area contributed by atoms with Crippen molar-refractivity contribution in [1.29, 1.82) is 0 Å². The van der Waals surface area contributed by atoms with Gasteiger partial charge in [0.05, 0.1) is 6.04 Å². The van der Waals surface area contributed by atoms with Crippen LogP contribution in [0, 0.1) is 11.3 Å². The van der Waals surface area contributed by atoms with Gasteiger partial charge in [-0.15, -0.1) is 0 Å². The van der Waals surface area contributed by atoms with Crippen molar-refractivity contribution >= 4 is 5.71 Å². The van der Waals surface area contributed by atoms with Crippen LogP contribution in [0.5, 0.6) is 0 Å². The molecule has 2 rings (SSSR count). The zero-order chi connectivity index (χ0) is 13.0. The summed E-state index contributed by atoms with van der Waals surface area (Å²) in [6, 6.07) is 0.588. The molecule has 0 N–H and O–H groups in total. The number of fused-ring (bicyclic) bond motifs is 1. The maximum absolute atomic E-state index is 5.06. The number of hydrogen-bond acceptors (Lipinski definition) is 1. The smallest absolute Gasteiger partial charge is 0.0565 e. The zero-order valence-corrected chi connectivity index (χ0v) is 12.4. The summed E-state index contributed by atoms with van der Waals surface area (Å²) >= 11 is 0. The van der Waals surface area contributed by atoms with Crippen molar-refractivity contribution in [3.05, 3.63) is 12.2 Å². The lowest BCUT2D eigenvalue weighted by Gasteiger charge is -2.27. The molecule has 102 valence electrons. The van der Waals surface area contributed by atoms with Crippen molar-refractivity contribution in [1.82, 2.24) is 0 Å². The van der Waals surface area contributed by atoms with Crippen LogP contribution in [0.15, 0.2) is 17.1 Å². The van der Waals surface area contributed by atoms with Gasteiger partial charge in [-0.05, 0) is 36.7 Å². The normalized spacial score (nSPS) is 29.8. The Hall–Kier alpha value is -0.590. The van der Waals surface area contributed by atoms with Gasteiger partial charge in [-0.3, -0.25) is 4.99 Å². The first-order valence-electron chi connectivity index (χ1n) is 7.79. The van der Waals surface area contributed by atoms with Crippen LogP contribution in [0.4, 0.5) is 0 Å². The summed E-state index contributed by atoms with van der Waals surface area (Å²) in [5.41, 5.74) is 1.69. The molecule has 1 heterocycles. The second-order valence-electron chi connectivity index (χ2n) is 7.29. The molecule has 0 bridgehead atoms. The highest BCUT2D eigenvalue weighted by Crippen LogP contribution is 2.30. The molecule has 0 aromatic rings. The van der Waals surface area contributed by atoms with Crippen molar-refractivity contribution < 1.29 is 0 Å². The third kappa shape index (κ3) is 4.26. The second kappa shape index (κ2) is 6.04. The molecule has 0 saturated heterocycles. The first-order valence-corrected chi connectivity index (χ1v) is 7.79. The predicted octanol–water partition coefficient (Wildman–Crippen LogP) is 5.16. The summed E-state index contributed by atoms with van der Waals surface area (Å²) in [4.78, 5) is 5.06. The van der Waals surface area contributed by atoms with Crippen LogP contribution in [0.25, 0.3) is 0 Å². The Morgan fingerprint density at radius 1 is 1.06 bits per heavy atom. The maximum Gasteiger partial charge on any atom is 0.0565 e. The van der Waals surface area contributed by atoms with Crippen molar-refractivity contribution in [2.75, 3.05) is 0 Å². The lowest BCUT2D eigenvalue weighted by molar-refractivity contribution is 0.415. The first kappa shape index (κ1) is 13.8. The van der Waals surface area contributed by atoms with E-state index < -0.39 is 0 Å². The van der Waals surface area contributed by atoms with Gasteiger partial charge in [0.15, 0.2) is 0 Å². The van der Waals surface area contributed by atoms with Crippen LogP contribution in [-0.2, 0) is 0 Å². The molecule has 2 aliphatic rings. The van der Waals surface area contributed by atoms with E-state index in [2.05, 4.69) is 32.9 Å². The Labute approximate surface area is 113 Å². The minimum absolute atomic E-state index is 0.356. The van der Waals surface area contributed by atoms with Gasteiger partial charge in [0, 0.05) is 5.71 Å². The van der Waals surface area contributed by atoms with E-state index in [1.165, 1.54) is 50.7 Å². The highest BCUT2D eigenvalue weighted by molar-refractivity contribution is 5.96. The Bertz CT molecular complexity index is 319. The fourth-order valence-corrected chi connectivity index (χ4v) is 3.19. The van der Waals surface area contributed by atoms with E-state index >= 15 is 0 Å². The van der Waals surface area contributed by atoms with E-state index in [1.807, 2.05) is 0 Å². The summed E-state index contributed by atoms with van der Waals surface area (Å²) in [5.74, 6) is 0.729. The van der Waals surface area contributed by atoms with Crippen LogP contribution in [0.1, 0.15) is 72.1 Å². The van der Waals surface area contributed by atoms with E-state index in [9.17, 15) is 0 Å². The number of allylic oxidation sites excluding steroid dienone is 1. The first-order chi connectivity index (χ1) is 8.54. The van der Waals surface area contributed by atoms with Crippen molar-refractivity contribution in [2.24, 2.45) is 16.3 Å². The van der Waals surface area contributed by atoms with E-state index in [-0.39, 0.29) is 0 Å². The highest BCUT2D eigenvalue weighted by atomic mass is 14.8. The largest absolute Gasteiger partial charge is 0.286 e. The number of nitrogens with zero attached hydrogens (tertiary/aromatic N) is 1. The second-order valence-corrected chi connectivity index (χ2v) is 7.29. The molecule has 18 heavy (non-hydrogen) atoms. The highest BCUT2D eigenvalue weighted by Gasteiger charge is 2.24. The molecule has 0 aromatic heterocycles. The molecule has 2 unspecified atom stereocenters. The van der Waals surface area contributed by atoms with Crippen LogP contribution in [0.2, 0.25) is 0 Å². The van der Waals surface area contributed by atoms with E-state index in [0.717, 1.165) is 12.3 Å². The van der Waals surface area contributed by atoms with Gasteiger partial charge in [-0.25, -0.2) is 0 Å². The Kier molecular flexibility index (Phi) is 4.64. The van der Waals surface area contributed by atoms with Gasteiger partial charge in [-0.1, -0.05) is 59.0 Å². The third-order valence-corrected chi connectivity index (χ3v) is 4.11. The lowest BCUT2D eigenvalue weighted by atomic mass is 9.85. The quantitative estimate of drug-likeness (QED) is 0.606. The maximum atomic E-state index is 5.06. The SMILES string of the molecule is CC(C)(C)CC1=NC2CCCCCCCC2C=C1. The van der Waals surface area contributed by atoms with Gasteiger partial charge >= 0.3 is 0 Å². The van der Waals surface area contributed by atoms with Gasteiger partial charge in [0.25, 0.3) is 0 Å². The average Bonchev–Trinajstić information content (AvgIpc) is 2.38. The summed E-state index contributed by atoms with van der Waals surface area (Å²) in [6.45, 7) is 6.91. The number of hydrogen-bond donors (Lipinski definition) is 0. The molecule has 1 nitrogen and oxygen atoms in total. The molecule has 1 aliphatic carbocycles. The predicted molar refractivity (Wildman–Crippen MR) is 80.2 cm³/mol. The molecular weight excluding hydrogens is 218 g/mol. The summed E-state index contributed by atoms with van der Waals surface area (Å²) < 4.78 is 0. The standard InChI is InChI=1S/C17H29N/c1-17(2,3)13-15-12-11-14-9-7-5-4-6-8-10-16(14)18-15/h11-12,14,16H,4-10,13H2,1-3H3. The fourth-order valence-electron chi connectivity index (χ4n) is 3.19. The Morgan fingerprint density at radius 2 is 1.72 bits per heavy atom. The molecule has 0 radical (unpaired) electrons.